The van der Waals surface area contributed by atoms with E-state index in [1.807, 2.05) is 37.3 Å². The summed E-state index contributed by atoms with van der Waals surface area (Å²) in [6.07, 6.45) is 5.31. The third kappa shape index (κ3) is 3.95. The molecule has 0 spiro atoms. The molecule has 1 aliphatic heterocycles. The molecule has 8 rings (SSSR count). The SMILES string of the molecule is COc1ccc([C@@H](C)NC(=O)[C@]23[C@H]4C=C[C@H]2[C@]43Nc2nc(Nc3ccc(N4CCN(C)CC4)c(C)c3)ncc2F)cc1. The van der Waals surface area contributed by atoms with Gasteiger partial charge in [0.1, 0.15) is 5.75 Å². The number of benzene rings is 2. The molecular formula is C32H36FN7O2. The number of nitrogens with one attached hydrogen (secondary N) is 3. The lowest BCUT2D eigenvalue weighted by atomic mass is 10.0. The van der Waals surface area contributed by atoms with Crippen molar-refractivity contribution in [2.24, 2.45) is 17.3 Å². The van der Waals surface area contributed by atoms with E-state index in [1.54, 1.807) is 7.11 Å². The fourth-order valence-electron chi connectivity index (χ4n) is 7.22. The topological polar surface area (TPSA) is 94.6 Å². The van der Waals surface area contributed by atoms with E-state index in [1.165, 1.54) is 11.9 Å². The molecule has 9 nitrogen and oxygen atoms in total. The van der Waals surface area contributed by atoms with E-state index in [-0.39, 0.29) is 29.6 Å². The molecule has 0 radical (unpaired) electrons. The van der Waals surface area contributed by atoms with Crippen molar-refractivity contribution >= 4 is 29.0 Å². The zero-order valence-electron chi connectivity index (χ0n) is 24.3. The number of likely N-dealkylation sites (N-methyl/N-ethyl adjacent to an activating group) is 1. The van der Waals surface area contributed by atoms with Gasteiger partial charge in [-0.25, -0.2) is 9.37 Å². The van der Waals surface area contributed by atoms with E-state index in [0.29, 0.717) is 5.95 Å². The number of nitrogens with zero attached hydrogens (tertiary/aromatic N) is 4. The third-order valence-electron chi connectivity index (χ3n) is 9.68. The Morgan fingerprint density at radius 2 is 1.81 bits per heavy atom. The van der Waals surface area contributed by atoms with Crippen molar-refractivity contribution in [2.75, 3.05) is 55.9 Å². The highest BCUT2D eigenvalue weighted by molar-refractivity contribution is 6.01. The van der Waals surface area contributed by atoms with Crippen molar-refractivity contribution in [3.05, 3.63) is 77.8 Å². The highest BCUT2D eigenvalue weighted by atomic mass is 19.1. The van der Waals surface area contributed by atoms with E-state index < -0.39 is 16.8 Å². The molecule has 3 atom stereocenters. The molecule has 0 unspecified atom stereocenters. The van der Waals surface area contributed by atoms with E-state index >= 15 is 0 Å². The number of aryl methyl sites for hydroxylation is 1. The highest BCUT2D eigenvalue weighted by Gasteiger charge is 3.02. The molecule has 1 amide bonds. The average molecular weight is 570 g/mol. The van der Waals surface area contributed by atoms with Crippen LogP contribution < -0.4 is 25.6 Å². The zero-order valence-corrected chi connectivity index (χ0v) is 24.3. The number of hydrogen-bond donors (Lipinski definition) is 3. The minimum Gasteiger partial charge on any atom is -0.497 e. The number of hydrogen-bond acceptors (Lipinski definition) is 8. The van der Waals surface area contributed by atoms with Gasteiger partial charge in [-0.1, -0.05) is 24.3 Å². The van der Waals surface area contributed by atoms with Gasteiger partial charge in [-0.15, -0.1) is 0 Å². The Bertz CT molecular complexity index is 1550. The van der Waals surface area contributed by atoms with Gasteiger partial charge in [0, 0.05) is 49.4 Å². The minimum atomic E-state index is -0.602. The molecule has 1 aromatic heterocycles. The first-order valence-electron chi connectivity index (χ1n) is 14.5. The molecule has 2 heterocycles. The second kappa shape index (κ2) is 9.69. The summed E-state index contributed by atoms with van der Waals surface area (Å²) in [5, 5.41) is 9.73. The molecule has 5 aliphatic rings. The number of carbonyl (C=O) groups excluding carboxylic acids is 1. The Labute approximate surface area is 245 Å². The molecule has 2 aromatic carbocycles. The maximum Gasteiger partial charge on any atom is 0.230 e. The number of halogens is 1. The second-order valence-electron chi connectivity index (χ2n) is 12.0. The molecule has 2 saturated carbocycles. The Kier molecular flexibility index (Phi) is 6.16. The molecule has 3 fully saturated rings. The van der Waals surface area contributed by atoms with Gasteiger partial charge < -0.3 is 30.5 Å². The van der Waals surface area contributed by atoms with Crippen molar-refractivity contribution in [2.45, 2.75) is 25.4 Å². The molecule has 2 bridgehead atoms. The molecular weight excluding hydrogens is 533 g/mol. The number of piperazine rings is 1. The van der Waals surface area contributed by atoms with Crippen LogP contribution in [0.5, 0.6) is 5.75 Å². The highest BCUT2D eigenvalue weighted by Crippen LogP contribution is 2.91. The second-order valence-corrected chi connectivity index (χ2v) is 12.0. The van der Waals surface area contributed by atoms with E-state index in [4.69, 9.17) is 4.74 Å². The van der Waals surface area contributed by atoms with Crippen molar-refractivity contribution in [1.82, 2.24) is 20.2 Å². The minimum absolute atomic E-state index is 0.00797. The lowest BCUT2D eigenvalue weighted by Gasteiger charge is -2.35. The molecule has 42 heavy (non-hydrogen) atoms. The van der Waals surface area contributed by atoms with Gasteiger partial charge in [0.2, 0.25) is 11.9 Å². The predicted molar refractivity (Wildman–Crippen MR) is 161 cm³/mol. The average Bonchev–Trinajstić information content (AvgIpc) is 3.53. The van der Waals surface area contributed by atoms with Crippen molar-refractivity contribution in [3.8, 4) is 5.75 Å². The van der Waals surface area contributed by atoms with Gasteiger partial charge in [-0.2, -0.15) is 4.98 Å². The Balaban J connectivity index is 1.04. The largest absolute Gasteiger partial charge is 0.497 e. The summed E-state index contributed by atoms with van der Waals surface area (Å²) in [5.41, 5.74) is 3.06. The summed E-state index contributed by atoms with van der Waals surface area (Å²) in [5.74, 6) is 0.614. The first-order valence-corrected chi connectivity index (χ1v) is 14.5. The predicted octanol–water partition coefficient (Wildman–Crippen LogP) is 4.27. The summed E-state index contributed by atoms with van der Waals surface area (Å²) in [6, 6.07) is 13.7. The summed E-state index contributed by atoms with van der Waals surface area (Å²) >= 11 is 0. The number of carbonyl (C=O) groups is 1. The Hall–Kier alpha value is -4.18. The summed E-state index contributed by atoms with van der Waals surface area (Å²) in [4.78, 5) is 27.0. The summed E-state index contributed by atoms with van der Waals surface area (Å²) in [6.45, 7) is 8.15. The van der Waals surface area contributed by atoms with E-state index in [2.05, 4.69) is 74.0 Å². The smallest absolute Gasteiger partial charge is 0.230 e. The number of anilines is 4. The first-order chi connectivity index (χ1) is 20.3. The Morgan fingerprint density at radius 3 is 2.48 bits per heavy atom. The lowest BCUT2D eigenvalue weighted by Crippen LogP contribution is -2.44. The van der Waals surface area contributed by atoms with Gasteiger partial charge >= 0.3 is 0 Å². The molecule has 3 aromatic rings. The van der Waals surface area contributed by atoms with E-state index in [9.17, 15) is 9.18 Å². The van der Waals surface area contributed by atoms with E-state index in [0.717, 1.165) is 48.7 Å². The van der Waals surface area contributed by atoms with Crippen molar-refractivity contribution in [1.29, 1.82) is 0 Å². The molecule has 3 N–H and O–H groups in total. The van der Waals surface area contributed by atoms with Crippen molar-refractivity contribution < 1.29 is 13.9 Å². The molecule has 10 heteroatoms. The summed E-state index contributed by atoms with van der Waals surface area (Å²) < 4.78 is 20.2. The monoisotopic (exact) mass is 569 g/mol. The van der Waals surface area contributed by atoms with Crippen LogP contribution in [0.2, 0.25) is 0 Å². The number of rotatable bonds is 9. The molecule has 218 valence electrons. The molecule has 1 saturated heterocycles. The summed E-state index contributed by atoms with van der Waals surface area (Å²) in [7, 11) is 3.78. The van der Waals surface area contributed by atoms with Crippen LogP contribution >= 0.6 is 0 Å². The maximum atomic E-state index is 15.0. The third-order valence-corrected chi connectivity index (χ3v) is 9.68. The lowest BCUT2D eigenvalue weighted by molar-refractivity contribution is -0.125. The van der Waals surface area contributed by atoms with Crippen LogP contribution in [0.3, 0.4) is 0 Å². The van der Waals surface area contributed by atoms with Gasteiger partial charge in [0.05, 0.1) is 30.3 Å². The fourth-order valence-corrected chi connectivity index (χ4v) is 7.22. The number of methoxy groups -OCH3 is 1. The Morgan fingerprint density at radius 1 is 1.10 bits per heavy atom. The number of amides is 1. The van der Waals surface area contributed by atoms with Gasteiger partial charge in [-0.05, 0) is 62.4 Å². The van der Waals surface area contributed by atoms with Crippen LogP contribution in [-0.4, -0.2) is 66.7 Å². The van der Waals surface area contributed by atoms with Crippen LogP contribution in [0.15, 0.2) is 60.8 Å². The first kappa shape index (κ1) is 26.7. The fraction of sp³-hybridized carbons (Fsp3) is 0.406. The van der Waals surface area contributed by atoms with Crippen LogP contribution in [0, 0.1) is 30.0 Å². The van der Waals surface area contributed by atoms with Gasteiger partial charge in [0.15, 0.2) is 11.6 Å². The van der Waals surface area contributed by atoms with Gasteiger partial charge in [-0.3, -0.25) is 4.79 Å². The zero-order chi connectivity index (χ0) is 29.2. The molecule has 4 aliphatic carbocycles. The number of aromatic nitrogens is 2. The maximum absolute atomic E-state index is 15.0. The van der Waals surface area contributed by atoms with Crippen LogP contribution in [-0.2, 0) is 4.79 Å². The van der Waals surface area contributed by atoms with Crippen molar-refractivity contribution in [3.63, 3.8) is 0 Å². The number of ether oxygens (including phenoxy) is 1. The van der Waals surface area contributed by atoms with Crippen LogP contribution in [0.25, 0.3) is 0 Å². The van der Waals surface area contributed by atoms with Gasteiger partial charge in [0.25, 0.3) is 0 Å². The quantitative estimate of drug-likeness (QED) is 0.329. The van der Waals surface area contributed by atoms with Crippen LogP contribution in [0.4, 0.5) is 27.5 Å². The standard InChI is InChI=1S/C32H36FN7O2/c1-19-17-22(7-10-25(19)40-15-13-39(3)14-16-40)36-30-34-18-24(33)28(37-30)38-32-26-11-12-27(32)31(26,32)29(41)35-20(2)21-5-8-23(42-4)9-6-21/h5-12,17-18,20,26-27H,13-16H2,1-4H3,(H,35,41)(H2,34,36,37,38)/t20-,26-,27-,31-,32+/m1/s1. The normalized spacial score (nSPS) is 27.7. The van der Waals surface area contributed by atoms with Crippen LogP contribution in [0.1, 0.15) is 24.1 Å².